The second-order valence-corrected chi connectivity index (χ2v) is 1.57. The summed E-state index contributed by atoms with van der Waals surface area (Å²) < 4.78 is 4.57. The van der Waals surface area contributed by atoms with Crippen LogP contribution in [0.5, 0.6) is 0 Å². The predicted octanol–water partition coefficient (Wildman–Crippen LogP) is 1.52. The van der Waals surface area contributed by atoms with Crippen molar-refractivity contribution in [3.8, 4) is 0 Å². The van der Waals surface area contributed by atoms with Gasteiger partial charge in [0.25, 0.3) is 0 Å². The fourth-order valence-corrected chi connectivity index (χ4v) is 0.461. The minimum atomic E-state index is -1.07. The summed E-state index contributed by atoms with van der Waals surface area (Å²) in [5.41, 5.74) is 0. The average Bonchev–Trinajstić information content (AvgIpc) is 1.87. The van der Waals surface area contributed by atoms with Gasteiger partial charge in [0.05, 0.1) is 6.26 Å². The van der Waals surface area contributed by atoms with Crippen LogP contribution in [0.15, 0.2) is 24.7 Å². The predicted molar refractivity (Wildman–Crippen MR) is 37.3 cm³/mol. The molecule has 0 aromatic rings. The maximum Gasteiger partial charge on any atom is 0.371 e. The van der Waals surface area contributed by atoms with Crippen molar-refractivity contribution < 1.29 is 14.6 Å². The molecule has 0 bridgehead atoms. The van der Waals surface area contributed by atoms with Gasteiger partial charge in [-0.2, -0.15) is 0 Å². The minimum absolute atomic E-state index is 0.0718. The molecule has 0 aromatic carbocycles. The van der Waals surface area contributed by atoms with Crippen LogP contribution in [0, 0.1) is 0 Å². The molecule has 0 aliphatic carbocycles. The molecule has 0 aromatic heterocycles. The second-order valence-electron chi connectivity index (χ2n) is 1.57. The van der Waals surface area contributed by atoms with Crippen LogP contribution >= 0.6 is 0 Å². The standard InChI is InChI=1S/C7H10O3/c1-3-5-6(7(8)9)10-4-2/h4-5H,2-3H2,1H3,(H,8,9)/b6-5-. The molecule has 3 nitrogen and oxygen atoms in total. The maximum atomic E-state index is 10.2. The Hall–Kier alpha value is -1.25. The fourth-order valence-electron chi connectivity index (χ4n) is 0.461. The van der Waals surface area contributed by atoms with Crippen molar-refractivity contribution in [1.82, 2.24) is 0 Å². The van der Waals surface area contributed by atoms with Crippen LogP contribution in [-0.4, -0.2) is 11.1 Å². The summed E-state index contributed by atoms with van der Waals surface area (Å²) in [6.45, 7) is 5.07. The third-order valence-electron chi connectivity index (χ3n) is 0.811. The first kappa shape index (κ1) is 8.75. The Morgan fingerprint density at radius 2 is 2.40 bits per heavy atom. The molecule has 1 N–H and O–H groups in total. The molecule has 3 heteroatoms. The Kier molecular flexibility index (Phi) is 4.04. The lowest BCUT2D eigenvalue weighted by Gasteiger charge is -1.97. The number of hydrogen-bond acceptors (Lipinski definition) is 2. The van der Waals surface area contributed by atoms with Crippen LogP contribution in [-0.2, 0) is 9.53 Å². The number of allylic oxidation sites excluding steroid dienone is 1. The molecule has 0 unspecified atom stereocenters. The van der Waals surface area contributed by atoms with Gasteiger partial charge in [0.2, 0.25) is 5.76 Å². The smallest absolute Gasteiger partial charge is 0.371 e. The van der Waals surface area contributed by atoms with Crippen molar-refractivity contribution in [2.45, 2.75) is 13.3 Å². The summed E-state index contributed by atoms with van der Waals surface area (Å²) in [7, 11) is 0. The quantitative estimate of drug-likeness (QED) is 0.478. The zero-order valence-electron chi connectivity index (χ0n) is 5.83. The molecule has 0 radical (unpaired) electrons. The molecule has 0 saturated carbocycles. The third kappa shape index (κ3) is 2.91. The van der Waals surface area contributed by atoms with Crippen molar-refractivity contribution in [2.75, 3.05) is 0 Å². The molecular formula is C7H10O3. The maximum absolute atomic E-state index is 10.2. The van der Waals surface area contributed by atoms with Gasteiger partial charge >= 0.3 is 5.97 Å². The summed E-state index contributed by atoms with van der Waals surface area (Å²) in [5.74, 6) is -1.14. The van der Waals surface area contributed by atoms with E-state index in [2.05, 4.69) is 11.3 Å². The van der Waals surface area contributed by atoms with Crippen molar-refractivity contribution in [3.05, 3.63) is 24.7 Å². The average molecular weight is 142 g/mol. The first-order valence-electron chi connectivity index (χ1n) is 2.93. The van der Waals surface area contributed by atoms with Gasteiger partial charge in [-0.15, -0.1) is 0 Å². The number of rotatable bonds is 4. The van der Waals surface area contributed by atoms with Gasteiger partial charge in [-0.25, -0.2) is 4.79 Å². The summed E-state index contributed by atoms with van der Waals surface area (Å²) in [6.07, 6.45) is 3.20. The number of carboxylic acid groups (broad SMARTS) is 1. The number of ether oxygens (including phenoxy) is 1. The highest BCUT2D eigenvalue weighted by molar-refractivity contribution is 5.84. The number of aliphatic carboxylic acids is 1. The normalized spacial score (nSPS) is 10.7. The SMILES string of the molecule is C=CO/C(=C\CC)C(=O)O. The summed E-state index contributed by atoms with van der Waals surface area (Å²) in [5, 5.41) is 8.39. The summed E-state index contributed by atoms with van der Waals surface area (Å²) in [6, 6.07) is 0. The minimum Gasteiger partial charge on any atom is -0.475 e. The molecule has 0 saturated heterocycles. The molecule has 0 aliphatic heterocycles. The van der Waals surface area contributed by atoms with Crippen molar-refractivity contribution in [3.63, 3.8) is 0 Å². The molecule has 0 heterocycles. The molecule has 56 valence electrons. The van der Waals surface area contributed by atoms with Crippen LogP contribution in [0.1, 0.15) is 13.3 Å². The highest BCUT2D eigenvalue weighted by Gasteiger charge is 2.04. The summed E-state index contributed by atoms with van der Waals surface area (Å²) >= 11 is 0. The summed E-state index contributed by atoms with van der Waals surface area (Å²) in [4.78, 5) is 10.2. The first-order valence-corrected chi connectivity index (χ1v) is 2.93. The van der Waals surface area contributed by atoms with Gasteiger partial charge in [-0.3, -0.25) is 0 Å². The molecule has 0 fully saturated rings. The lowest BCUT2D eigenvalue weighted by molar-refractivity contribution is -0.135. The van der Waals surface area contributed by atoms with E-state index in [1.807, 2.05) is 6.92 Å². The first-order chi connectivity index (χ1) is 4.72. The van der Waals surface area contributed by atoms with E-state index >= 15 is 0 Å². The van der Waals surface area contributed by atoms with E-state index in [0.717, 1.165) is 6.26 Å². The van der Waals surface area contributed by atoms with E-state index in [1.165, 1.54) is 6.08 Å². The molecule has 10 heavy (non-hydrogen) atoms. The lowest BCUT2D eigenvalue weighted by atomic mass is 10.4. The van der Waals surface area contributed by atoms with Crippen molar-refractivity contribution in [1.29, 1.82) is 0 Å². The molecule has 0 aliphatic rings. The molecular weight excluding hydrogens is 132 g/mol. The highest BCUT2D eigenvalue weighted by atomic mass is 16.5. The van der Waals surface area contributed by atoms with Crippen LogP contribution in [0.3, 0.4) is 0 Å². The Bertz CT molecular complexity index is 158. The lowest BCUT2D eigenvalue weighted by Crippen LogP contribution is -2.01. The largest absolute Gasteiger partial charge is 0.475 e. The van der Waals surface area contributed by atoms with Gasteiger partial charge in [-0.05, 0) is 12.5 Å². The van der Waals surface area contributed by atoms with E-state index in [9.17, 15) is 4.79 Å². The molecule has 0 amide bonds. The number of carboxylic acids is 1. The van der Waals surface area contributed by atoms with Crippen LogP contribution < -0.4 is 0 Å². The van der Waals surface area contributed by atoms with E-state index < -0.39 is 5.97 Å². The molecule has 0 spiro atoms. The van der Waals surface area contributed by atoms with Crippen LogP contribution in [0.25, 0.3) is 0 Å². The van der Waals surface area contributed by atoms with E-state index in [-0.39, 0.29) is 5.76 Å². The topological polar surface area (TPSA) is 46.5 Å². The van der Waals surface area contributed by atoms with Gasteiger partial charge in [0.1, 0.15) is 0 Å². The van der Waals surface area contributed by atoms with E-state index in [4.69, 9.17) is 5.11 Å². The van der Waals surface area contributed by atoms with Gasteiger partial charge < -0.3 is 9.84 Å². The zero-order chi connectivity index (χ0) is 7.98. The van der Waals surface area contributed by atoms with Crippen LogP contribution in [0.4, 0.5) is 0 Å². The van der Waals surface area contributed by atoms with Crippen molar-refractivity contribution in [2.24, 2.45) is 0 Å². The van der Waals surface area contributed by atoms with Gasteiger partial charge in [-0.1, -0.05) is 13.5 Å². The number of carbonyl (C=O) groups is 1. The van der Waals surface area contributed by atoms with Crippen molar-refractivity contribution >= 4 is 5.97 Å². The zero-order valence-corrected chi connectivity index (χ0v) is 5.83. The molecule has 0 rings (SSSR count). The second kappa shape index (κ2) is 4.61. The third-order valence-corrected chi connectivity index (χ3v) is 0.811. The van der Waals surface area contributed by atoms with Crippen LogP contribution in [0.2, 0.25) is 0 Å². The monoisotopic (exact) mass is 142 g/mol. The Labute approximate surface area is 59.6 Å². The van der Waals surface area contributed by atoms with E-state index in [0.29, 0.717) is 6.42 Å². The highest BCUT2D eigenvalue weighted by Crippen LogP contribution is 1.98. The Morgan fingerprint density at radius 1 is 1.80 bits per heavy atom. The Morgan fingerprint density at radius 3 is 2.70 bits per heavy atom. The van der Waals surface area contributed by atoms with Gasteiger partial charge in [0.15, 0.2) is 0 Å². The Balaban J connectivity index is 4.10. The fraction of sp³-hybridized carbons (Fsp3) is 0.286. The van der Waals surface area contributed by atoms with E-state index in [1.54, 1.807) is 0 Å². The van der Waals surface area contributed by atoms with Gasteiger partial charge in [0, 0.05) is 0 Å². The number of hydrogen-bond donors (Lipinski definition) is 1. The molecule has 0 atom stereocenters.